The zero-order chi connectivity index (χ0) is 21.6. The lowest BCUT2D eigenvalue weighted by molar-refractivity contribution is -0.0498. The summed E-state index contributed by atoms with van der Waals surface area (Å²) in [5.74, 6) is 5.71. The van der Waals surface area contributed by atoms with Gasteiger partial charge in [0, 0.05) is 11.5 Å². The van der Waals surface area contributed by atoms with E-state index in [1.165, 1.54) is 23.3 Å². The maximum absolute atomic E-state index is 12.2. The third kappa shape index (κ3) is 4.84. The molecule has 1 aliphatic rings. The first kappa shape index (κ1) is 20.4. The minimum Gasteiger partial charge on any atom is -0.449 e. The zero-order valence-electron chi connectivity index (χ0n) is 16.5. The van der Waals surface area contributed by atoms with E-state index >= 15 is 0 Å². The highest BCUT2D eigenvalue weighted by molar-refractivity contribution is 5.79. The second kappa shape index (κ2) is 9.31. The van der Waals surface area contributed by atoms with Crippen molar-refractivity contribution >= 4 is 6.09 Å². The number of hydrogen-bond donors (Lipinski definition) is 1. The molecule has 0 bridgehead atoms. The lowest BCUT2D eigenvalue weighted by Crippen LogP contribution is -2.26. The maximum Gasteiger partial charge on any atom is 0.407 e. The number of carbonyl (C=O) groups excluding carboxylic acids is 1. The summed E-state index contributed by atoms with van der Waals surface area (Å²) in [4.78, 5) is 12.1. The molecule has 6 heteroatoms. The summed E-state index contributed by atoms with van der Waals surface area (Å²) >= 11 is 0. The van der Waals surface area contributed by atoms with Gasteiger partial charge in [0.25, 0.3) is 0 Å². The molecule has 0 saturated heterocycles. The fourth-order valence-corrected chi connectivity index (χ4v) is 3.63. The van der Waals surface area contributed by atoms with E-state index in [0.29, 0.717) is 5.56 Å². The van der Waals surface area contributed by atoms with Crippen molar-refractivity contribution in [3.8, 4) is 28.7 Å². The second-order valence-electron chi connectivity index (χ2n) is 6.88. The molecule has 1 amide bonds. The molecule has 0 heterocycles. The summed E-state index contributed by atoms with van der Waals surface area (Å²) in [6.45, 7) is -2.52. The Hall–Kier alpha value is -3.85. The van der Waals surface area contributed by atoms with E-state index in [1.807, 2.05) is 24.3 Å². The van der Waals surface area contributed by atoms with Crippen molar-refractivity contribution in [1.82, 2.24) is 5.32 Å². The molecule has 4 nitrogen and oxygen atoms in total. The molecule has 31 heavy (non-hydrogen) atoms. The third-order valence-electron chi connectivity index (χ3n) is 4.98. The van der Waals surface area contributed by atoms with Crippen LogP contribution in [-0.4, -0.2) is 25.9 Å². The fourth-order valence-electron chi connectivity index (χ4n) is 3.63. The molecule has 3 aromatic rings. The molecule has 3 aromatic carbocycles. The van der Waals surface area contributed by atoms with Crippen molar-refractivity contribution in [1.29, 1.82) is 0 Å². The van der Waals surface area contributed by atoms with Gasteiger partial charge in [-0.3, -0.25) is 0 Å². The van der Waals surface area contributed by atoms with Crippen LogP contribution in [0.15, 0.2) is 72.8 Å². The molecule has 0 aromatic heterocycles. The van der Waals surface area contributed by atoms with E-state index in [0.717, 1.165) is 11.1 Å². The summed E-state index contributed by atoms with van der Waals surface area (Å²) < 4.78 is 34.0. The molecule has 1 aliphatic carbocycles. The molecule has 0 radical (unpaired) electrons. The Bertz CT molecular complexity index is 1090. The van der Waals surface area contributed by atoms with Crippen LogP contribution in [0.5, 0.6) is 5.75 Å². The molecule has 156 valence electrons. The maximum atomic E-state index is 12.2. The standard InChI is InChI=1S/C25H19F2NO3/c26-24(27)31-18-13-11-17(12-14-18)6-5-15-28-25(29)30-16-23-21-9-3-1-7-19(21)20-8-2-4-10-22(20)23/h1-4,7-14,23-24H,15-16H2,(H,28,29). The fraction of sp³-hybridized carbons (Fsp3) is 0.160. The monoisotopic (exact) mass is 419 g/mol. The highest BCUT2D eigenvalue weighted by Gasteiger charge is 2.28. The van der Waals surface area contributed by atoms with Gasteiger partial charge in [0.1, 0.15) is 12.4 Å². The highest BCUT2D eigenvalue weighted by atomic mass is 19.3. The van der Waals surface area contributed by atoms with Gasteiger partial charge in [-0.15, -0.1) is 0 Å². The van der Waals surface area contributed by atoms with Crippen molar-refractivity contribution in [2.24, 2.45) is 0 Å². The van der Waals surface area contributed by atoms with Gasteiger partial charge < -0.3 is 14.8 Å². The summed E-state index contributed by atoms with van der Waals surface area (Å²) in [5.41, 5.74) is 5.26. The van der Waals surface area contributed by atoms with Crippen LogP contribution < -0.4 is 10.1 Å². The van der Waals surface area contributed by atoms with E-state index in [1.54, 1.807) is 12.1 Å². The van der Waals surface area contributed by atoms with Gasteiger partial charge in [0.15, 0.2) is 0 Å². The molecule has 0 aliphatic heterocycles. The first-order valence-corrected chi connectivity index (χ1v) is 9.74. The summed E-state index contributed by atoms with van der Waals surface area (Å²) in [6, 6.07) is 22.2. The minimum atomic E-state index is -2.86. The van der Waals surface area contributed by atoms with E-state index in [2.05, 4.69) is 46.2 Å². The summed E-state index contributed by atoms with van der Waals surface area (Å²) in [5, 5.41) is 2.60. The normalized spacial score (nSPS) is 11.8. The van der Waals surface area contributed by atoms with Gasteiger partial charge in [0.2, 0.25) is 0 Å². The molecule has 0 spiro atoms. The van der Waals surface area contributed by atoms with Crippen molar-refractivity contribution in [3.63, 3.8) is 0 Å². The number of carbonyl (C=O) groups is 1. The Morgan fingerprint density at radius 2 is 1.55 bits per heavy atom. The smallest absolute Gasteiger partial charge is 0.407 e. The van der Waals surface area contributed by atoms with Crippen LogP contribution in [0.2, 0.25) is 0 Å². The number of hydrogen-bond acceptors (Lipinski definition) is 3. The molecular formula is C25H19F2NO3. The number of amides is 1. The number of rotatable bonds is 5. The van der Waals surface area contributed by atoms with Crippen molar-refractivity contribution in [2.75, 3.05) is 13.2 Å². The number of fused-ring (bicyclic) bond motifs is 3. The Labute approximate surface area is 178 Å². The SMILES string of the molecule is O=C(NCC#Cc1ccc(OC(F)F)cc1)OCC1c2ccccc2-c2ccccc21. The van der Waals surface area contributed by atoms with E-state index in [4.69, 9.17) is 4.74 Å². The number of halogens is 2. The quantitative estimate of drug-likeness (QED) is 0.580. The predicted molar refractivity (Wildman–Crippen MR) is 113 cm³/mol. The van der Waals surface area contributed by atoms with Gasteiger partial charge in [-0.1, -0.05) is 60.4 Å². The Balaban J connectivity index is 1.29. The molecular weight excluding hydrogens is 400 g/mol. The van der Waals surface area contributed by atoms with Gasteiger partial charge in [-0.2, -0.15) is 8.78 Å². The third-order valence-corrected chi connectivity index (χ3v) is 4.98. The van der Waals surface area contributed by atoms with E-state index in [9.17, 15) is 13.6 Å². The number of alkyl halides is 2. The van der Waals surface area contributed by atoms with Crippen LogP contribution in [0.3, 0.4) is 0 Å². The first-order chi connectivity index (χ1) is 15.1. The average molecular weight is 419 g/mol. The minimum absolute atomic E-state index is 0.00166. The number of benzene rings is 3. The van der Waals surface area contributed by atoms with Gasteiger partial charge >= 0.3 is 12.7 Å². The number of nitrogens with one attached hydrogen (secondary N) is 1. The van der Waals surface area contributed by atoms with Gasteiger partial charge in [0.05, 0.1) is 6.54 Å². The van der Waals surface area contributed by atoms with Crippen LogP contribution in [0, 0.1) is 11.8 Å². The van der Waals surface area contributed by atoms with E-state index < -0.39 is 12.7 Å². The lowest BCUT2D eigenvalue weighted by Gasteiger charge is -2.14. The number of ether oxygens (including phenoxy) is 2. The largest absolute Gasteiger partial charge is 0.449 e. The molecule has 1 N–H and O–H groups in total. The average Bonchev–Trinajstić information content (AvgIpc) is 3.10. The zero-order valence-corrected chi connectivity index (χ0v) is 16.5. The van der Waals surface area contributed by atoms with E-state index in [-0.39, 0.29) is 24.8 Å². The number of alkyl carbamates (subject to hydrolysis) is 1. The van der Waals surface area contributed by atoms with Gasteiger partial charge in [-0.05, 0) is 46.5 Å². The van der Waals surface area contributed by atoms with Crippen molar-refractivity contribution in [3.05, 3.63) is 89.5 Å². The van der Waals surface area contributed by atoms with Gasteiger partial charge in [-0.25, -0.2) is 4.79 Å². The Morgan fingerprint density at radius 3 is 2.16 bits per heavy atom. The van der Waals surface area contributed by atoms with Crippen LogP contribution in [0.4, 0.5) is 13.6 Å². The first-order valence-electron chi connectivity index (χ1n) is 9.74. The molecule has 0 saturated carbocycles. The molecule has 0 unspecified atom stereocenters. The second-order valence-corrected chi connectivity index (χ2v) is 6.88. The summed E-state index contributed by atoms with van der Waals surface area (Å²) in [7, 11) is 0. The lowest BCUT2D eigenvalue weighted by atomic mass is 9.98. The highest BCUT2D eigenvalue weighted by Crippen LogP contribution is 2.44. The molecule has 0 fully saturated rings. The Morgan fingerprint density at radius 1 is 0.935 bits per heavy atom. The van der Waals surface area contributed by atoms with Crippen molar-refractivity contribution in [2.45, 2.75) is 12.5 Å². The van der Waals surface area contributed by atoms with Crippen LogP contribution in [0.1, 0.15) is 22.6 Å². The molecule has 0 atom stereocenters. The topological polar surface area (TPSA) is 47.6 Å². The van der Waals surface area contributed by atoms with Crippen LogP contribution in [-0.2, 0) is 4.74 Å². The van der Waals surface area contributed by atoms with Crippen LogP contribution >= 0.6 is 0 Å². The Kier molecular flexibility index (Phi) is 6.13. The summed E-state index contributed by atoms with van der Waals surface area (Å²) in [6.07, 6.45) is -0.545. The van der Waals surface area contributed by atoms with Crippen molar-refractivity contribution < 1.29 is 23.0 Å². The predicted octanol–water partition coefficient (Wildman–Crippen LogP) is 5.18. The molecule has 4 rings (SSSR count). The van der Waals surface area contributed by atoms with Crippen LogP contribution in [0.25, 0.3) is 11.1 Å².